The summed E-state index contributed by atoms with van der Waals surface area (Å²) in [5, 5.41) is 5.19. The fourth-order valence-electron chi connectivity index (χ4n) is 1.79. The Balaban J connectivity index is 2.04. The highest BCUT2D eigenvalue weighted by atomic mass is 32.1. The molecule has 0 radical (unpaired) electrons. The van der Waals surface area contributed by atoms with E-state index in [1.807, 2.05) is 0 Å². The Labute approximate surface area is 132 Å². The van der Waals surface area contributed by atoms with E-state index in [0.29, 0.717) is 11.3 Å². The number of hydrogen-bond acceptors (Lipinski definition) is 3. The van der Waals surface area contributed by atoms with E-state index in [1.54, 1.807) is 30.3 Å². The Morgan fingerprint density at radius 1 is 1.09 bits per heavy atom. The van der Waals surface area contributed by atoms with Gasteiger partial charge in [-0.2, -0.15) is 0 Å². The molecule has 0 atom stereocenters. The first-order valence-corrected chi connectivity index (χ1v) is 6.86. The number of benzene rings is 2. The number of hydrogen-bond donors (Lipinski definition) is 2. The zero-order valence-electron chi connectivity index (χ0n) is 11.7. The molecule has 0 spiro atoms. The number of nitrogens with one attached hydrogen (secondary N) is 2. The summed E-state index contributed by atoms with van der Waals surface area (Å²) < 4.78 is 13.5. The van der Waals surface area contributed by atoms with Crippen molar-refractivity contribution in [1.82, 2.24) is 5.32 Å². The minimum Gasteiger partial charge on any atom is -0.332 e. The molecule has 0 saturated carbocycles. The first-order valence-electron chi connectivity index (χ1n) is 6.45. The molecule has 112 valence electrons. The van der Waals surface area contributed by atoms with E-state index in [2.05, 4.69) is 10.6 Å². The maximum Gasteiger partial charge on any atom is 0.260 e. The largest absolute Gasteiger partial charge is 0.332 e. The van der Waals surface area contributed by atoms with Crippen LogP contribution in [0.1, 0.15) is 27.6 Å². The second-order valence-electron chi connectivity index (χ2n) is 4.53. The Bertz CT molecular complexity index is 746. The predicted octanol–water partition coefficient (Wildman–Crippen LogP) is 3.16. The van der Waals surface area contributed by atoms with Gasteiger partial charge in [0.05, 0.1) is 5.56 Å². The molecule has 0 saturated heterocycles. The highest BCUT2D eigenvalue weighted by Gasteiger charge is 2.12. The van der Waals surface area contributed by atoms with Gasteiger partial charge in [-0.15, -0.1) is 0 Å². The average molecular weight is 316 g/mol. The maximum absolute atomic E-state index is 13.5. The lowest BCUT2D eigenvalue weighted by Gasteiger charge is -2.10. The molecule has 22 heavy (non-hydrogen) atoms. The van der Waals surface area contributed by atoms with Crippen molar-refractivity contribution in [3.8, 4) is 0 Å². The summed E-state index contributed by atoms with van der Waals surface area (Å²) in [6.07, 6.45) is 0. The molecule has 0 fully saturated rings. The number of Topliss-reactive ketones (excluding diaryl/α,β-unsaturated/α-hetero) is 1. The van der Waals surface area contributed by atoms with Crippen molar-refractivity contribution < 1.29 is 14.0 Å². The van der Waals surface area contributed by atoms with Crippen LogP contribution in [0.2, 0.25) is 0 Å². The number of anilines is 1. The van der Waals surface area contributed by atoms with Crippen molar-refractivity contribution >= 4 is 34.7 Å². The van der Waals surface area contributed by atoms with Gasteiger partial charge in [0.2, 0.25) is 0 Å². The molecule has 2 aromatic rings. The van der Waals surface area contributed by atoms with Gasteiger partial charge in [-0.25, -0.2) is 4.39 Å². The summed E-state index contributed by atoms with van der Waals surface area (Å²) in [5.41, 5.74) is 0.990. The van der Waals surface area contributed by atoms with Crippen LogP contribution in [-0.4, -0.2) is 16.8 Å². The SMILES string of the molecule is CC(=O)c1cccc(NC(=S)NC(=O)c2ccccc2F)c1. The number of carbonyl (C=O) groups is 2. The summed E-state index contributed by atoms with van der Waals surface area (Å²) in [6.45, 7) is 1.46. The van der Waals surface area contributed by atoms with Gasteiger partial charge >= 0.3 is 0 Å². The highest BCUT2D eigenvalue weighted by molar-refractivity contribution is 7.80. The van der Waals surface area contributed by atoms with Crippen LogP contribution in [0.25, 0.3) is 0 Å². The fraction of sp³-hybridized carbons (Fsp3) is 0.0625. The van der Waals surface area contributed by atoms with Crippen LogP contribution in [0.3, 0.4) is 0 Å². The van der Waals surface area contributed by atoms with Gasteiger partial charge in [0.25, 0.3) is 5.91 Å². The standard InChI is InChI=1S/C16H13FN2O2S/c1-10(20)11-5-4-6-12(9-11)18-16(22)19-15(21)13-7-2-3-8-14(13)17/h2-9H,1H3,(H2,18,19,21,22). The van der Waals surface area contributed by atoms with E-state index in [1.165, 1.54) is 25.1 Å². The Morgan fingerprint density at radius 2 is 1.82 bits per heavy atom. The zero-order valence-corrected chi connectivity index (χ0v) is 12.5. The summed E-state index contributed by atoms with van der Waals surface area (Å²) in [4.78, 5) is 23.2. The number of rotatable bonds is 3. The van der Waals surface area contributed by atoms with Crippen molar-refractivity contribution in [3.63, 3.8) is 0 Å². The molecule has 0 aliphatic heterocycles. The van der Waals surface area contributed by atoms with Crippen LogP contribution in [0.5, 0.6) is 0 Å². The molecule has 0 aromatic heterocycles. The minimum atomic E-state index is -0.640. The summed E-state index contributed by atoms with van der Waals surface area (Å²) >= 11 is 5.01. The van der Waals surface area contributed by atoms with E-state index in [0.717, 1.165) is 0 Å². The Morgan fingerprint density at radius 3 is 2.50 bits per heavy atom. The van der Waals surface area contributed by atoms with Crippen molar-refractivity contribution in [1.29, 1.82) is 0 Å². The minimum absolute atomic E-state index is 0.0222. The van der Waals surface area contributed by atoms with E-state index < -0.39 is 11.7 Å². The number of amides is 1. The van der Waals surface area contributed by atoms with Crippen LogP contribution in [0.4, 0.5) is 10.1 Å². The molecule has 0 unspecified atom stereocenters. The van der Waals surface area contributed by atoms with Crippen LogP contribution in [0, 0.1) is 5.82 Å². The van der Waals surface area contributed by atoms with Gasteiger partial charge in [-0.05, 0) is 43.4 Å². The molecule has 0 bridgehead atoms. The number of ketones is 1. The van der Waals surface area contributed by atoms with Gasteiger partial charge in [-0.3, -0.25) is 14.9 Å². The molecule has 0 aliphatic carbocycles. The van der Waals surface area contributed by atoms with Gasteiger partial charge in [0, 0.05) is 11.3 Å². The summed E-state index contributed by atoms with van der Waals surface area (Å²) in [7, 11) is 0. The second-order valence-corrected chi connectivity index (χ2v) is 4.93. The topological polar surface area (TPSA) is 58.2 Å². The van der Waals surface area contributed by atoms with E-state index >= 15 is 0 Å². The molecule has 6 heteroatoms. The molecule has 4 nitrogen and oxygen atoms in total. The third kappa shape index (κ3) is 3.95. The molecule has 2 aromatic carbocycles. The summed E-state index contributed by atoms with van der Waals surface area (Å²) in [5.74, 6) is -1.34. The zero-order chi connectivity index (χ0) is 16.1. The van der Waals surface area contributed by atoms with E-state index in [-0.39, 0.29) is 16.5 Å². The lowest BCUT2D eigenvalue weighted by molar-refractivity contribution is 0.0972. The highest BCUT2D eigenvalue weighted by Crippen LogP contribution is 2.11. The molecule has 0 heterocycles. The van der Waals surface area contributed by atoms with Crippen molar-refractivity contribution in [2.75, 3.05) is 5.32 Å². The van der Waals surface area contributed by atoms with Crippen LogP contribution >= 0.6 is 12.2 Å². The van der Waals surface area contributed by atoms with Gasteiger partial charge in [-0.1, -0.05) is 24.3 Å². The molecular weight excluding hydrogens is 303 g/mol. The van der Waals surface area contributed by atoms with Gasteiger partial charge < -0.3 is 5.32 Å². The van der Waals surface area contributed by atoms with Gasteiger partial charge in [0.15, 0.2) is 10.9 Å². The third-order valence-corrected chi connectivity index (χ3v) is 3.08. The lowest BCUT2D eigenvalue weighted by Crippen LogP contribution is -2.34. The van der Waals surface area contributed by atoms with E-state index in [9.17, 15) is 14.0 Å². The second kappa shape index (κ2) is 6.91. The molecule has 2 N–H and O–H groups in total. The monoisotopic (exact) mass is 316 g/mol. The van der Waals surface area contributed by atoms with Crippen LogP contribution in [-0.2, 0) is 0 Å². The van der Waals surface area contributed by atoms with Crippen molar-refractivity contribution in [2.45, 2.75) is 6.92 Å². The molecule has 2 rings (SSSR count). The average Bonchev–Trinajstić information content (AvgIpc) is 2.47. The van der Waals surface area contributed by atoms with Crippen LogP contribution < -0.4 is 10.6 Å². The predicted molar refractivity (Wildman–Crippen MR) is 86.5 cm³/mol. The normalized spacial score (nSPS) is 9.91. The molecule has 1 amide bonds. The quantitative estimate of drug-likeness (QED) is 0.674. The number of thiocarbonyl (C=S) groups is 1. The molecule has 0 aliphatic rings. The smallest absolute Gasteiger partial charge is 0.260 e. The molecular formula is C16H13FN2O2S. The van der Waals surface area contributed by atoms with Crippen molar-refractivity contribution in [3.05, 3.63) is 65.5 Å². The maximum atomic E-state index is 13.5. The summed E-state index contributed by atoms with van der Waals surface area (Å²) in [6, 6.07) is 12.3. The fourth-order valence-corrected chi connectivity index (χ4v) is 2.00. The third-order valence-electron chi connectivity index (χ3n) is 2.87. The first-order chi connectivity index (χ1) is 10.5. The Hall–Kier alpha value is -2.60. The van der Waals surface area contributed by atoms with Gasteiger partial charge in [0.1, 0.15) is 5.82 Å². The van der Waals surface area contributed by atoms with Crippen LogP contribution in [0.15, 0.2) is 48.5 Å². The van der Waals surface area contributed by atoms with Crippen molar-refractivity contribution in [2.24, 2.45) is 0 Å². The first kappa shape index (κ1) is 15.8. The lowest BCUT2D eigenvalue weighted by atomic mass is 10.1. The number of halogens is 1. The number of carbonyl (C=O) groups excluding carboxylic acids is 2. The van der Waals surface area contributed by atoms with E-state index in [4.69, 9.17) is 12.2 Å². The Kier molecular flexibility index (Phi) is 4.95.